The van der Waals surface area contributed by atoms with Crippen molar-refractivity contribution >= 4 is 34.3 Å². The van der Waals surface area contributed by atoms with Gasteiger partial charge in [-0.15, -0.1) is 11.6 Å². The predicted molar refractivity (Wildman–Crippen MR) is 164 cm³/mol. The lowest BCUT2D eigenvalue weighted by Gasteiger charge is -2.17. The van der Waals surface area contributed by atoms with E-state index in [-0.39, 0.29) is 45.9 Å². The first kappa shape index (κ1) is 29.8. The zero-order chi connectivity index (χ0) is 30.3. The number of alkyl halides is 1. The molecule has 0 fully saturated rings. The molecule has 3 aromatic carbocycles. The largest absolute Gasteiger partial charge is 0.508 e. The van der Waals surface area contributed by atoms with Crippen LogP contribution in [0.25, 0.3) is 33.4 Å². The Bertz CT molecular complexity index is 1790. The number of carboxylic acids is 1. The van der Waals surface area contributed by atoms with Crippen LogP contribution in [0.2, 0.25) is 0 Å². The van der Waals surface area contributed by atoms with Crippen molar-refractivity contribution in [2.75, 3.05) is 25.7 Å². The van der Waals surface area contributed by atoms with Crippen molar-refractivity contribution in [3.05, 3.63) is 106 Å². The second kappa shape index (κ2) is 13.5. The zero-order valence-electron chi connectivity index (χ0n) is 23.2. The summed E-state index contributed by atoms with van der Waals surface area (Å²) in [6.07, 6.45) is 1.45. The first-order valence-electron chi connectivity index (χ1n) is 13.8. The average Bonchev–Trinajstić information content (AvgIpc) is 2.99. The summed E-state index contributed by atoms with van der Waals surface area (Å²) in [5.74, 6) is 0.118. The number of phenolic OH excluding ortho intramolecular Hbond substituents is 1. The van der Waals surface area contributed by atoms with E-state index in [9.17, 15) is 24.6 Å². The lowest BCUT2D eigenvalue weighted by atomic mass is 9.89. The van der Waals surface area contributed by atoms with Gasteiger partial charge in [0.2, 0.25) is 0 Å². The molecule has 0 bridgehead atoms. The number of hydrogen-bond acceptors (Lipinski definition) is 7. The summed E-state index contributed by atoms with van der Waals surface area (Å²) in [6.45, 7) is 1.10. The molecule has 0 saturated carbocycles. The number of aryl methyl sites for hydroxylation is 1. The number of aromatic carboxylic acids is 1. The number of aromatic hydroxyl groups is 1. The smallest absolute Gasteiger partial charge is 0.336 e. The van der Waals surface area contributed by atoms with Gasteiger partial charge in [0, 0.05) is 53.1 Å². The normalized spacial score (nSPS) is 11.2. The summed E-state index contributed by atoms with van der Waals surface area (Å²) in [5, 5.41) is 20.7. The first-order chi connectivity index (χ1) is 20.8. The maximum atomic E-state index is 13.0. The highest BCUT2D eigenvalue weighted by Gasteiger charge is 2.23. The summed E-state index contributed by atoms with van der Waals surface area (Å²) in [6, 6.07) is 21.1. The molecule has 0 aromatic heterocycles. The van der Waals surface area contributed by atoms with Crippen LogP contribution >= 0.6 is 11.6 Å². The van der Waals surface area contributed by atoms with Crippen molar-refractivity contribution in [2.24, 2.45) is 0 Å². The zero-order valence-corrected chi connectivity index (χ0v) is 23.9. The van der Waals surface area contributed by atoms with E-state index in [4.69, 9.17) is 25.5 Å². The topological polar surface area (TPSA) is 123 Å². The third kappa shape index (κ3) is 7.05. The van der Waals surface area contributed by atoms with Crippen LogP contribution in [0.15, 0.2) is 88.1 Å². The fourth-order valence-electron chi connectivity index (χ4n) is 4.92. The predicted octanol–water partition coefficient (Wildman–Crippen LogP) is 6.81. The molecule has 0 atom stereocenters. The molecular weight excluding hydrogens is 572 g/mol. The first-order valence-corrected chi connectivity index (χ1v) is 14.3. The molecule has 0 spiro atoms. The molecule has 0 saturated heterocycles. The highest BCUT2D eigenvalue weighted by Crippen LogP contribution is 2.42. The second-order valence-electron chi connectivity index (χ2n) is 9.95. The van der Waals surface area contributed by atoms with E-state index in [2.05, 4.69) is 0 Å². The van der Waals surface area contributed by atoms with Crippen LogP contribution in [0.3, 0.4) is 0 Å². The van der Waals surface area contributed by atoms with E-state index in [0.717, 1.165) is 17.7 Å². The molecule has 5 rings (SSSR count). The fourth-order valence-corrected chi connectivity index (χ4v) is 5.14. The highest BCUT2D eigenvalue weighted by molar-refractivity contribution is 6.18. The minimum atomic E-state index is -1.21. The highest BCUT2D eigenvalue weighted by atomic mass is 35.5. The molecule has 2 N–H and O–H groups in total. The van der Waals surface area contributed by atoms with Crippen molar-refractivity contribution in [3.63, 3.8) is 0 Å². The summed E-state index contributed by atoms with van der Waals surface area (Å²) >= 11 is 5.76. The van der Waals surface area contributed by atoms with Gasteiger partial charge in [0.1, 0.15) is 29.4 Å². The Hall–Kier alpha value is -4.66. The summed E-state index contributed by atoms with van der Waals surface area (Å²) in [7, 11) is 0. The van der Waals surface area contributed by atoms with Gasteiger partial charge in [-0.05, 0) is 66.4 Å². The molecule has 0 unspecified atom stereocenters. The molecule has 3 aromatic rings. The molecule has 1 aliphatic heterocycles. The van der Waals surface area contributed by atoms with Crippen LogP contribution in [0.1, 0.15) is 39.1 Å². The second-order valence-corrected chi connectivity index (χ2v) is 10.3. The maximum absolute atomic E-state index is 13.0. The summed E-state index contributed by atoms with van der Waals surface area (Å²) in [4.78, 5) is 37.4. The maximum Gasteiger partial charge on any atom is 0.336 e. The van der Waals surface area contributed by atoms with Crippen molar-refractivity contribution < 1.29 is 33.7 Å². The van der Waals surface area contributed by atoms with Gasteiger partial charge in [-0.25, -0.2) is 4.79 Å². The number of ether oxygens (including phenoxy) is 2. The standard InChI is InChI=1S/C34H29ClO8/c35-14-13-21-3-8-25(9-4-21)42-17-16-41-15-1-2-30(38)22-5-10-26(29(18-22)34(39)40)33-27-11-6-23(36)19-31(27)43-32-20-24(37)7-12-28(32)33/h3-12,18-20,36H,1-2,13-17H2,(H,39,40). The number of rotatable bonds is 13. The molecule has 2 aliphatic rings. The Morgan fingerprint density at radius 2 is 1.65 bits per heavy atom. The molecular formula is C34H29ClO8. The van der Waals surface area contributed by atoms with Gasteiger partial charge in [-0.3, -0.25) is 9.59 Å². The number of ketones is 1. The van der Waals surface area contributed by atoms with Gasteiger partial charge < -0.3 is 24.1 Å². The molecule has 0 radical (unpaired) electrons. The van der Waals surface area contributed by atoms with Gasteiger partial charge in [0.05, 0.1) is 12.2 Å². The number of carbonyl (C=O) groups excluding carboxylic acids is 1. The van der Waals surface area contributed by atoms with Crippen molar-refractivity contribution in [2.45, 2.75) is 19.3 Å². The molecule has 220 valence electrons. The van der Waals surface area contributed by atoms with Crippen LogP contribution < -0.4 is 10.2 Å². The summed E-state index contributed by atoms with van der Waals surface area (Å²) < 4.78 is 17.1. The van der Waals surface area contributed by atoms with Crippen LogP contribution in [-0.2, 0) is 11.2 Å². The van der Waals surface area contributed by atoms with E-state index < -0.39 is 5.97 Å². The quantitative estimate of drug-likeness (QED) is 0.0654. The number of hydrogen-bond donors (Lipinski definition) is 2. The third-order valence-corrected chi connectivity index (χ3v) is 7.20. The van der Waals surface area contributed by atoms with Crippen LogP contribution in [-0.4, -0.2) is 47.7 Å². The molecule has 43 heavy (non-hydrogen) atoms. The lowest BCUT2D eigenvalue weighted by Crippen LogP contribution is -2.09. The van der Waals surface area contributed by atoms with Gasteiger partial charge in [-0.1, -0.05) is 24.3 Å². The number of halogens is 1. The number of Topliss-reactive ketones (excluding diaryl/α,β-unsaturated/α-hetero) is 1. The number of carboxylic acid groups (broad SMARTS) is 1. The lowest BCUT2D eigenvalue weighted by molar-refractivity contribution is 0.0697. The fraction of sp³-hybridized carbons (Fsp3) is 0.206. The van der Waals surface area contributed by atoms with Crippen molar-refractivity contribution in [1.82, 2.24) is 0 Å². The van der Waals surface area contributed by atoms with E-state index in [0.29, 0.717) is 54.2 Å². The number of benzene rings is 4. The molecule has 9 heteroatoms. The van der Waals surface area contributed by atoms with Gasteiger partial charge in [0.15, 0.2) is 11.2 Å². The third-order valence-electron chi connectivity index (χ3n) is 7.01. The van der Waals surface area contributed by atoms with E-state index in [1.807, 2.05) is 24.3 Å². The Kier molecular flexibility index (Phi) is 9.39. The Labute approximate surface area is 252 Å². The Morgan fingerprint density at radius 3 is 2.42 bits per heavy atom. The Balaban J connectivity index is 1.26. The number of fused-ring (bicyclic) bond motifs is 2. The van der Waals surface area contributed by atoms with E-state index in [1.165, 1.54) is 30.3 Å². The van der Waals surface area contributed by atoms with Crippen molar-refractivity contribution in [1.29, 1.82) is 0 Å². The minimum Gasteiger partial charge on any atom is -0.508 e. The van der Waals surface area contributed by atoms with Crippen LogP contribution in [0.4, 0.5) is 0 Å². The average molecular weight is 601 g/mol. The summed E-state index contributed by atoms with van der Waals surface area (Å²) in [5.41, 5.74) is 2.78. The monoisotopic (exact) mass is 600 g/mol. The van der Waals surface area contributed by atoms with Crippen molar-refractivity contribution in [3.8, 4) is 33.9 Å². The van der Waals surface area contributed by atoms with Crippen LogP contribution in [0.5, 0.6) is 11.5 Å². The molecule has 0 amide bonds. The van der Waals surface area contributed by atoms with E-state index >= 15 is 0 Å². The van der Waals surface area contributed by atoms with E-state index in [1.54, 1.807) is 24.3 Å². The molecule has 1 heterocycles. The van der Waals surface area contributed by atoms with Gasteiger partial charge in [-0.2, -0.15) is 0 Å². The number of phenols is 1. The minimum absolute atomic E-state index is 0.0381. The van der Waals surface area contributed by atoms with Crippen LogP contribution in [0, 0.1) is 0 Å². The molecule has 8 nitrogen and oxygen atoms in total. The SMILES string of the molecule is O=C(CCCOCCOc1ccc(CCCl)cc1)c1ccc(-c2c3ccc(=O)cc-3oc3cc(O)ccc23)c(C(=O)O)c1. The number of carbonyl (C=O) groups is 2. The van der Waals surface area contributed by atoms with Gasteiger partial charge >= 0.3 is 5.97 Å². The van der Waals surface area contributed by atoms with Gasteiger partial charge in [0.25, 0.3) is 0 Å². The molecule has 1 aliphatic carbocycles. The Morgan fingerprint density at radius 1 is 0.860 bits per heavy atom.